The Hall–Kier alpha value is -1.43. The first kappa shape index (κ1) is 14.6. The van der Waals surface area contributed by atoms with Gasteiger partial charge in [-0.15, -0.1) is 0 Å². The summed E-state index contributed by atoms with van der Waals surface area (Å²) in [5, 5.41) is 0. The standard InChI is InChI=1S/C12H21FN4O/c1-2-3-4-5-6-7-8-18-11-10(13)9-15-12(16-11)17-14/h9H,2-8,14H2,1H3,(H,15,16,17). The summed E-state index contributed by atoms with van der Waals surface area (Å²) in [4.78, 5) is 7.43. The maximum atomic E-state index is 13.3. The fraction of sp³-hybridized carbons (Fsp3) is 0.667. The van der Waals surface area contributed by atoms with Crippen molar-refractivity contribution < 1.29 is 9.13 Å². The first-order valence-corrected chi connectivity index (χ1v) is 6.40. The molecule has 3 N–H and O–H groups in total. The molecule has 0 unspecified atom stereocenters. The summed E-state index contributed by atoms with van der Waals surface area (Å²) in [6.45, 7) is 2.65. The Labute approximate surface area is 107 Å². The molecular weight excluding hydrogens is 235 g/mol. The highest BCUT2D eigenvalue weighted by Crippen LogP contribution is 2.14. The second-order valence-corrected chi connectivity index (χ2v) is 4.11. The van der Waals surface area contributed by atoms with E-state index in [9.17, 15) is 4.39 Å². The molecule has 0 aliphatic rings. The molecule has 6 heteroatoms. The smallest absolute Gasteiger partial charge is 0.255 e. The predicted molar refractivity (Wildman–Crippen MR) is 68.7 cm³/mol. The van der Waals surface area contributed by atoms with Crippen LogP contribution >= 0.6 is 0 Å². The van der Waals surface area contributed by atoms with Crippen LogP contribution in [0, 0.1) is 5.82 Å². The number of ether oxygens (including phenoxy) is 1. The molecule has 0 spiro atoms. The normalized spacial score (nSPS) is 10.4. The lowest BCUT2D eigenvalue weighted by atomic mass is 10.1. The highest BCUT2D eigenvalue weighted by molar-refractivity contribution is 5.26. The summed E-state index contributed by atoms with van der Waals surface area (Å²) in [6.07, 6.45) is 7.98. The average molecular weight is 256 g/mol. The second-order valence-electron chi connectivity index (χ2n) is 4.11. The summed E-state index contributed by atoms with van der Waals surface area (Å²) in [7, 11) is 0. The summed E-state index contributed by atoms with van der Waals surface area (Å²) in [5.41, 5.74) is 2.25. The Morgan fingerprint density at radius 1 is 1.28 bits per heavy atom. The van der Waals surface area contributed by atoms with E-state index in [0.29, 0.717) is 6.61 Å². The van der Waals surface area contributed by atoms with Crippen LogP contribution in [-0.2, 0) is 0 Å². The topological polar surface area (TPSA) is 73.1 Å². The molecule has 0 amide bonds. The van der Waals surface area contributed by atoms with Crippen LogP contribution in [0.2, 0.25) is 0 Å². The molecule has 102 valence electrons. The minimum Gasteiger partial charge on any atom is -0.475 e. The van der Waals surface area contributed by atoms with Crippen LogP contribution in [0.3, 0.4) is 0 Å². The minimum absolute atomic E-state index is 0.0495. The zero-order chi connectivity index (χ0) is 13.2. The van der Waals surface area contributed by atoms with E-state index in [1.54, 1.807) is 0 Å². The zero-order valence-corrected chi connectivity index (χ0v) is 10.8. The maximum absolute atomic E-state index is 13.3. The number of aromatic nitrogens is 2. The van der Waals surface area contributed by atoms with Crippen LogP contribution in [0.4, 0.5) is 10.3 Å². The molecule has 0 aromatic carbocycles. The van der Waals surface area contributed by atoms with Crippen molar-refractivity contribution in [1.29, 1.82) is 0 Å². The number of nitrogens with one attached hydrogen (secondary N) is 1. The van der Waals surface area contributed by atoms with E-state index in [2.05, 4.69) is 22.3 Å². The van der Waals surface area contributed by atoms with E-state index in [1.165, 1.54) is 25.7 Å². The summed E-state index contributed by atoms with van der Waals surface area (Å²) < 4.78 is 18.5. The van der Waals surface area contributed by atoms with E-state index < -0.39 is 5.82 Å². The molecule has 0 saturated heterocycles. The predicted octanol–water partition coefficient (Wildman–Crippen LogP) is 2.64. The Morgan fingerprint density at radius 3 is 2.72 bits per heavy atom. The molecule has 0 aliphatic heterocycles. The highest BCUT2D eigenvalue weighted by atomic mass is 19.1. The van der Waals surface area contributed by atoms with Crippen molar-refractivity contribution in [3.63, 3.8) is 0 Å². The number of hydrazine groups is 1. The monoisotopic (exact) mass is 256 g/mol. The van der Waals surface area contributed by atoms with Crippen LogP contribution in [0.5, 0.6) is 5.88 Å². The number of halogens is 1. The van der Waals surface area contributed by atoms with Gasteiger partial charge in [0.05, 0.1) is 12.8 Å². The number of nitrogen functional groups attached to an aromatic ring is 1. The van der Waals surface area contributed by atoms with Crippen molar-refractivity contribution in [3.8, 4) is 5.88 Å². The molecule has 0 atom stereocenters. The lowest BCUT2D eigenvalue weighted by molar-refractivity contribution is 0.277. The number of rotatable bonds is 9. The minimum atomic E-state index is -0.569. The Kier molecular flexibility index (Phi) is 7.01. The first-order chi connectivity index (χ1) is 8.77. The van der Waals surface area contributed by atoms with E-state index in [-0.39, 0.29) is 11.8 Å². The van der Waals surface area contributed by atoms with Crippen LogP contribution in [0.25, 0.3) is 0 Å². The van der Waals surface area contributed by atoms with E-state index in [4.69, 9.17) is 10.6 Å². The molecule has 5 nitrogen and oxygen atoms in total. The molecule has 0 saturated carbocycles. The maximum Gasteiger partial charge on any atom is 0.255 e. The molecule has 0 radical (unpaired) electrons. The number of nitrogens with zero attached hydrogens (tertiary/aromatic N) is 2. The van der Waals surface area contributed by atoms with Crippen LogP contribution in [-0.4, -0.2) is 16.6 Å². The van der Waals surface area contributed by atoms with Gasteiger partial charge in [-0.2, -0.15) is 9.37 Å². The van der Waals surface area contributed by atoms with Gasteiger partial charge in [-0.1, -0.05) is 39.0 Å². The van der Waals surface area contributed by atoms with Gasteiger partial charge in [0.15, 0.2) is 0 Å². The molecule has 0 fully saturated rings. The third kappa shape index (κ3) is 5.27. The van der Waals surface area contributed by atoms with Gasteiger partial charge in [0.2, 0.25) is 11.8 Å². The van der Waals surface area contributed by atoms with Crippen molar-refractivity contribution in [1.82, 2.24) is 9.97 Å². The second kappa shape index (κ2) is 8.63. The van der Waals surface area contributed by atoms with Crippen molar-refractivity contribution >= 4 is 5.95 Å². The summed E-state index contributed by atoms with van der Waals surface area (Å²) >= 11 is 0. The molecule has 1 rings (SSSR count). The fourth-order valence-electron chi connectivity index (χ4n) is 1.57. The van der Waals surface area contributed by atoms with Crippen LogP contribution in [0.1, 0.15) is 45.4 Å². The molecule has 1 heterocycles. The Balaban J connectivity index is 2.22. The van der Waals surface area contributed by atoms with E-state index in [1.807, 2.05) is 0 Å². The Bertz CT molecular complexity index is 349. The summed E-state index contributed by atoms with van der Waals surface area (Å²) in [6, 6.07) is 0. The van der Waals surface area contributed by atoms with Gasteiger partial charge in [0.25, 0.3) is 5.88 Å². The first-order valence-electron chi connectivity index (χ1n) is 6.40. The molecule has 1 aromatic rings. The van der Waals surface area contributed by atoms with Gasteiger partial charge in [0, 0.05) is 0 Å². The molecule has 0 bridgehead atoms. The Morgan fingerprint density at radius 2 is 2.00 bits per heavy atom. The average Bonchev–Trinajstić information content (AvgIpc) is 2.39. The van der Waals surface area contributed by atoms with Crippen molar-refractivity contribution in [2.75, 3.05) is 12.0 Å². The van der Waals surface area contributed by atoms with E-state index in [0.717, 1.165) is 19.0 Å². The number of unbranched alkanes of at least 4 members (excludes halogenated alkanes) is 5. The molecule has 1 aromatic heterocycles. The lowest BCUT2D eigenvalue weighted by Gasteiger charge is -2.07. The number of hydrogen-bond acceptors (Lipinski definition) is 5. The largest absolute Gasteiger partial charge is 0.475 e. The van der Waals surface area contributed by atoms with Gasteiger partial charge < -0.3 is 4.74 Å². The van der Waals surface area contributed by atoms with Gasteiger partial charge in [0.1, 0.15) is 0 Å². The van der Waals surface area contributed by atoms with Crippen LogP contribution < -0.4 is 16.0 Å². The van der Waals surface area contributed by atoms with Crippen LogP contribution in [0.15, 0.2) is 6.20 Å². The third-order valence-corrected chi connectivity index (χ3v) is 2.58. The lowest BCUT2D eigenvalue weighted by Crippen LogP contribution is -2.12. The zero-order valence-electron chi connectivity index (χ0n) is 10.8. The number of hydrogen-bond donors (Lipinski definition) is 2. The molecular formula is C12H21FN4O. The van der Waals surface area contributed by atoms with Gasteiger partial charge in [-0.25, -0.2) is 10.8 Å². The number of anilines is 1. The third-order valence-electron chi connectivity index (χ3n) is 2.58. The molecule has 18 heavy (non-hydrogen) atoms. The quantitative estimate of drug-likeness (QED) is 0.403. The van der Waals surface area contributed by atoms with Gasteiger partial charge in [-0.05, 0) is 6.42 Å². The van der Waals surface area contributed by atoms with Crippen molar-refractivity contribution in [2.24, 2.45) is 5.84 Å². The number of nitrogens with two attached hydrogens (primary N) is 1. The van der Waals surface area contributed by atoms with Crippen molar-refractivity contribution in [3.05, 3.63) is 12.0 Å². The van der Waals surface area contributed by atoms with Crippen molar-refractivity contribution in [2.45, 2.75) is 45.4 Å². The summed E-state index contributed by atoms with van der Waals surface area (Å²) in [5.74, 6) is 4.67. The SMILES string of the molecule is CCCCCCCCOc1nc(NN)ncc1F. The van der Waals surface area contributed by atoms with Gasteiger partial charge >= 0.3 is 0 Å². The van der Waals surface area contributed by atoms with Gasteiger partial charge in [-0.3, -0.25) is 5.43 Å². The fourth-order valence-corrected chi connectivity index (χ4v) is 1.57. The van der Waals surface area contributed by atoms with E-state index >= 15 is 0 Å². The highest BCUT2D eigenvalue weighted by Gasteiger charge is 2.07. The molecule has 0 aliphatic carbocycles.